The lowest BCUT2D eigenvalue weighted by Crippen LogP contribution is -2.45. The standard InChI is InChI=1S/C21H25NO6.C2H6/c1-21(2,3)28-20(26)22-16(11-15-9-10-17(23)18(24)12-15)19(25)27-13-14-7-5-4-6-8-14;1-2/h4-10,12,16,23-24H,11,13H2,1-3H3,(H,22,26);1-2H3/t16-;/m0./s1. The first-order valence-electron chi connectivity index (χ1n) is 9.85. The molecule has 0 aromatic heterocycles. The maximum absolute atomic E-state index is 12.6. The lowest BCUT2D eigenvalue weighted by atomic mass is 10.1. The summed E-state index contributed by atoms with van der Waals surface area (Å²) < 4.78 is 10.5. The van der Waals surface area contributed by atoms with Crippen molar-refractivity contribution in [1.29, 1.82) is 0 Å². The van der Waals surface area contributed by atoms with Gasteiger partial charge in [0.2, 0.25) is 0 Å². The molecule has 0 saturated heterocycles. The zero-order valence-electron chi connectivity index (χ0n) is 18.1. The molecule has 0 aliphatic carbocycles. The number of rotatable bonds is 6. The lowest BCUT2D eigenvalue weighted by molar-refractivity contribution is -0.147. The van der Waals surface area contributed by atoms with Gasteiger partial charge >= 0.3 is 12.1 Å². The van der Waals surface area contributed by atoms with E-state index in [-0.39, 0.29) is 24.5 Å². The Morgan fingerprint density at radius 2 is 1.60 bits per heavy atom. The van der Waals surface area contributed by atoms with Crippen LogP contribution in [-0.4, -0.2) is 33.9 Å². The Bertz CT molecular complexity index is 814. The first-order chi connectivity index (χ1) is 14.1. The third-order valence-electron chi connectivity index (χ3n) is 3.68. The molecule has 3 N–H and O–H groups in total. The van der Waals surface area contributed by atoms with E-state index < -0.39 is 23.7 Å². The van der Waals surface area contributed by atoms with Crippen LogP contribution in [0.25, 0.3) is 0 Å². The molecule has 1 amide bonds. The summed E-state index contributed by atoms with van der Waals surface area (Å²) in [6, 6.07) is 12.3. The molecule has 164 valence electrons. The molecule has 0 aliphatic heterocycles. The van der Waals surface area contributed by atoms with Crippen molar-refractivity contribution in [3.8, 4) is 11.5 Å². The van der Waals surface area contributed by atoms with Gasteiger partial charge in [-0.1, -0.05) is 50.2 Å². The number of nitrogens with one attached hydrogen (secondary N) is 1. The number of esters is 1. The van der Waals surface area contributed by atoms with Crippen LogP contribution in [-0.2, 0) is 27.3 Å². The van der Waals surface area contributed by atoms with Crippen LogP contribution < -0.4 is 5.32 Å². The summed E-state index contributed by atoms with van der Waals surface area (Å²) in [7, 11) is 0. The number of phenols is 2. The maximum Gasteiger partial charge on any atom is 0.408 e. The number of phenolic OH excluding ortho intramolecular Hbond substituents is 2. The monoisotopic (exact) mass is 417 g/mol. The predicted octanol–water partition coefficient (Wildman–Crippen LogP) is 4.30. The summed E-state index contributed by atoms with van der Waals surface area (Å²) >= 11 is 0. The van der Waals surface area contributed by atoms with Crippen molar-refractivity contribution in [2.24, 2.45) is 0 Å². The minimum absolute atomic E-state index is 0.0563. The third kappa shape index (κ3) is 8.86. The van der Waals surface area contributed by atoms with Gasteiger partial charge < -0.3 is 25.0 Å². The normalized spacial score (nSPS) is 11.5. The van der Waals surface area contributed by atoms with Gasteiger partial charge in [0.05, 0.1) is 0 Å². The minimum Gasteiger partial charge on any atom is -0.504 e. The topological polar surface area (TPSA) is 105 Å². The fraction of sp³-hybridized carbons (Fsp3) is 0.391. The molecule has 7 nitrogen and oxygen atoms in total. The largest absolute Gasteiger partial charge is 0.504 e. The highest BCUT2D eigenvalue weighted by atomic mass is 16.6. The van der Waals surface area contributed by atoms with Crippen molar-refractivity contribution >= 4 is 12.1 Å². The quantitative estimate of drug-likeness (QED) is 0.478. The maximum atomic E-state index is 12.6. The molecule has 0 spiro atoms. The Kier molecular flexibility index (Phi) is 9.68. The van der Waals surface area contributed by atoms with E-state index >= 15 is 0 Å². The van der Waals surface area contributed by atoms with Crippen molar-refractivity contribution < 1.29 is 29.3 Å². The first-order valence-corrected chi connectivity index (χ1v) is 9.85. The van der Waals surface area contributed by atoms with E-state index in [1.165, 1.54) is 12.1 Å². The van der Waals surface area contributed by atoms with Crippen LogP contribution >= 0.6 is 0 Å². The van der Waals surface area contributed by atoms with E-state index in [0.717, 1.165) is 5.56 Å². The van der Waals surface area contributed by atoms with Crippen LogP contribution in [0.1, 0.15) is 45.7 Å². The summed E-state index contributed by atoms with van der Waals surface area (Å²) in [6.45, 7) is 9.21. The molecule has 2 aromatic rings. The number of ether oxygens (including phenoxy) is 2. The zero-order valence-corrected chi connectivity index (χ0v) is 18.1. The average Bonchev–Trinajstić information content (AvgIpc) is 2.69. The van der Waals surface area contributed by atoms with Crippen LogP contribution in [0.3, 0.4) is 0 Å². The number of amides is 1. The van der Waals surface area contributed by atoms with Gasteiger partial charge in [0, 0.05) is 6.42 Å². The Labute approximate surface area is 177 Å². The van der Waals surface area contributed by atoms with E-state index in [2.05, 4.69) is 5.32 Å². The number of carbonyl (C=O) groups is 2. The summed E-state index contributed by atoms with van der Waals surface area (Å²) in [5.74, 6) is -1.22. The van der Waals surface area contributed by atoms with E-state index in [1.807, 2.05) is 44.2 Å². The smallest absolute Gasteiger partial charge is 0.408 e. The third-order valence-corrected chi connectivity index (χ3v) is 3.68. The van der Waals surface area contributed by atoms with Crippen LogP contribution in [0.15, 0.2) is 48.5 Å². The van der Waals surface area contributed by atoms with Crippen molar-refractivity contribution in [3.63, 3.8) is 0 Å². The van der Waals surface area contributed by atoms with Gasteiger partial charge in [-0.05, 0) is 44.0 Å². The molecule has 2 rings (SSSR count). The molecule has 0 fully saturated rings. The highest BCUT2D eigenvalue weighted by Gasteiger charge is 2.26. The Balaban J connectivity index is 0.00000218. The van der Waals surface area contributed by atoms with E-state index in [0.29, 0.717) is 5.56 Å². The number of aromatic hydroxyl groups is 2. The fourth-order valence-corrected chi connectivity index (χ4v) is 2.40. The van der Waals surface area contributed by atoms with Crippen molar-refractivity contribution in [1.82, 2.24) is 5.32 Å². The van der Waals surface area contributed by atoms with Gasteiger partial charge in [-0.15, -0.1) is 0 Å². The minimum atomic E-state index is -1.03. The molecule has 1 atom stereocenters. The second-order valence-corrected chi connectivity index (χ2v) is 7.32. The van der Waals surface area contributed by atoms with Crippen molar-refractivity contribution in [3.05, 3.63) is 59.7 Å². The van der Waals surface area contributed by atoms with E-state index in [1.54, 1.807) is 26.8 Å². The van der Waals surface area contributed by atoms with Gasteiger partial charge in [0.25, 0.3) is 0 Å². The van der Waals surface area contributed by atoms with Gasteiger partial charge in [0.15, 0.2) is 11.5 Å². The summed E-state index contributed by atoms with van der Waals surface area (Å²) in [5, 5.41) is 21.6. The Morgan fingerprint density at radius 1 is 0.967 bits per heavy atom. The van der Waals surface area contributed by atoms with Crippen LogP contribution in [0.5, 0.6) is 11.5 Å². The molecular weight excluding hydrogens is 386 g/mol. The number of hydrogen-bond acceptors (Lipinski definition) is 6. The number of carbonyl (C=O) groups excluding carboxylic acids is 2. The average molecular weight is 418 g/mol. The molecule has 30 heavy (non-hydrogen) atoms. The second-order valence-electron chi connectivity index (χ2n) is 7.32. The molecule has 0 saturated carbocycles. The van der Waals surface area contributed by atoms with Gasteiger partial charge in [0.1, 0.15) is 18.2 Å². The summed E-state index contributed by atoms with van der Waals surface area (Å²) in [4.78, 5) is 24.7. The Hall–Kier alpha value is -3.22. The van der Waals surface area contributed by atoms with Crippen LogP contribution in [0.2, 0.25) is 0 Å². The molecule has 0 bridgehead atoms. The molecule has 0 radical (unpaired) electrons. The highest BCUT2D eigenvalue weighted by molar-refractivity contribution is 5.81. The van der Waals surface area contributed by atoms with E-state index in [9.17, 15) is 19.8 Å². The van der Waals surface area contributed by atoms with Gasteiger partial charge in [-0.3, -0.25) is 0 Å². The van der Waals surface area contributed by atoms with Gasteiger partial charge in [-0.2, -0.15) is 0 Å². The van der Waals surface area contributed by atoms with Crippen molar-refractivity contribution in [2.75, 3.05) is 0 Å². The molecule has 0 aliphatic rings. The highest BCUT2D eigenvalue weighted by Crippen LogP contribution is 2.25. The predicted molar refractivity (Wildman–Crippen MR) is 114 cm³/mol. The molecule has 2 aromatic carbocycles. The molecule has 0 unspecified atom stereocenters. The lowest BCUT2D eigenvalue weighted by Gasteiger charge is -2.23. The molecular formula is C23H31NO6. The van der Waals surface area contributed by atoms with Crippen molar-refractivity contribution in [2.45, 2.75) is 59.3 Å². The van der Waals surface area contributed by atoms with Gasteiger partial charge in [-0.25, -0.2) is 9.59 Å². The summed E-state index contributed by atoms with van der Waals surface area (Å²) in [5.41, 5.74) is 0.626. The second kappa shape index (κ2) is 11.7. The Morgan fingerprint density at radius 3 is 2.17 bits per heavy atom. The zero-order chi connectivity index (χ0) is 22.7. The SMILES string of the molecule is CC.CC(C)(C)OC(=O)N[C@@H](Cc1ccc(O)c(O)c1)C(=O)OCc1ccccc1. The van der Waals surface area contributed by atoms with E-state index in [4.69, 9.17) is 9.47 Å². The number of hydrogen-bond donors (Lipinski definition) is 3. The summed E-state index contributed by atoms with van der Waals surface area (Å²) in [6.07, 6.45) is -0.696. The number of benzene rings is 2. The fourth-order valence-electron chi connectivity index (χ4n) is 2.40. The van der Waals surface area contributed by atoms with Crippen LogP contribution in [0.4, 0.5) is 4.79 Å². The molecule has 0 heterocycles. The van der Waals surface area contributed by atoms with Crippen LogP contribution in [0, 0.1) is 0 Å². The first kappa shape index (κ1) is 24.8. The molecule has 7 heteroatoms. The number of alkyl carbamates (subject to hydrolysis) is 1.